The van der Waals surface area contributed by atoms with E-state index in [4.69, 9.17) is 4.74 Å². The van der Waals surface area contributed by atoms with Crippen molar-refractivity contribution in [2.75, 3.05) is 19.7 Å². The fourth-order valence-corrected chi connectivity index (χ4v) is 1.18. The van der Waals surface area contributed by atoms with Gasteiger partial charge < -0.3 is 9.64 Å². The standard InChI is InChI=1S/C8H15NO2/c1-2-3-4-5-9-6-7-11-8(9)10/h2-7H2,1H3. The molecule has 0 bridgehead atoms. The van der Waals surface area contributed by atoms with Crippen molar-refractivity contribution in [3.05, 3.63) is 0 Å². The summed E-state index contributed by atoms with van der Waals surface area (Å²) in [6.45, 7) is 4.38. The number of nitrogens with zero attached hydrogens (tertiary/aromatic N) is 1. The van der Waals surface area contributed by atoms with Crippen LogP contribution in [0.25, 0.3) is 0 Å². The van der Waals surface area contributed by atoms with Gasteiger partial charge in [-0.15, -0.1) is 0 Å². The normalized spacial score (nSPS) is 17.2. The Morgan fingerprint density at radius 1 is 1.55 bits per heavy atom. The number of cyclic esters (lactones) is 1. The molecule has 0 N–H and O–H groups in total. The van der Waals surface area contributed by atoms with E-state index in [9.17, 15) is 4.79 Å². The molecule has 0 atom stereocenters. The summed E-state index contributed by atoms with van der Waals surface area (Å²) in [6.07, 6.45) is 3.36. The molecule has 1 amide bonds. The lowest BCUT2D eigenvalue weighted by atomic mass is 10.2. The lowest BCUT2D eigenvalue weighted by molar-refractivity contribution is 0.158. The number of hydrogen-bond donors (Lipinski definition) is 0. The Kier molecular flexibility index (Phi) is 3.20. The van der Waals surface area contributed by atoms with Gasteiger partial charge in [-0.05, 0) is 6.42 Å². The van der Waals surface area contributed by atoms with Gasteiger partial charge in [-0.2, -0.15) is 0 Å². The highest BCUT2D eigenvalue weighted by molar-refractivity contribution is 5.69. The van der Waals surface area contributed by atoms with Gasteiger partial charge in [0.15, 0.2) is 0 Å². The molecule has 1 saturated heterocycles. The van der Waals surface area contributed by atoms with Crippen LogP contribution >= 0.6 is 0 Å². The van der Waals surface area contributed by atoms with Crippen LogP contribution in [0.3, 0.4) is 0 Å². The summed E-state index contributed by atoms with van der Waals surface area (Å²) in [5, 5.41) is 0. The molecule has 1 fully saturated rings. The predicted octanol–water partition coefficient (Wildman–Crippen LogP) is 1.63. The van der Waals surface area contributed by atoms with Crippen LogP contribution in [0.5, 0.6) is 0 Å². The van der Waals surface area contributed by atoms with Crippen molar-refractivity contribution in [3.8, 4) is 0 Å². The van der Waals surface area contributed by atoms with Gasteiger partial charge in [0.1, 0.15) is 6.61 Å². The third-order valence-corrected chi connectivity index (χ3v) is 1.88. The minimum atomic E-state index is -0.138. The van der Waals surface area contributed by atoms with Gasteiger partial charge in [-0.25, -0.2) is 4.79 Å². The number of carbonyl (C=O) groups excluding carboxylic acids is 1. The van der Waals surface area contributed by atoms with Crippen molar-refractivity contribution in [2.24, 2.45) is 0 Å². The largest absolute Gasteiger partial charge is 0.448 e. The molecule has 0 aromatic carbocycles. The zero-order chi connectivity index (χ0) is 8.10. The van der Waals surface area contributed by atoms with Crippen LogP contribution in [0.15, 0.2) is 0 Å². The molecule has 1 rings (SSSR count). The van der Waals surface area contributed by atoms with Crippen LogP contribution in [-0.4, -0.2) is 30.7 Å². The Morgan fingerprint density at radius 2 is 2.36 bits per heavy atom. The maximum absolute atomic E-state index is 10.9. The third-order valence-electron chi connectivity index (χ3n) is 1.88. The molecule has 0 unspecified atom stereocenters. The second kappa shape index (κ2) is 4.21. The van der Waals surface area contributed by atoms with Gasteiger partial charge in [-0.1, -0.05) is 19.8 Å². The molecule has 0 spiro atoms. The van der Waals surface area contributed by atoms with Crippen molar-refractivity contribution in [1.82, 2.24) is 4.90 Å². The summed E-state index contributed by atoms with van der Waals surface area (Å²) in [5.74, 6) is 0. The maximum atomic E-state index is 10.9. The van der Waals surface area contributed by atoms with Crippen molar-refractivity contribution in [2.45, 2.75) is 26.2 Å². The first-order valence-corrected chi connectivity index (χ1v) is 4.26. The van der Waals surface area contributed by atoms with E-state index < -0.39 is 0 Å². The van der Waals surface area contributed by atoms with E-state index in [2.05, 4.69) is 6.92 Å². The fourth-order valence-electron chi connectivity index (χ4n) is 1.18. The van der Waals surface area contributed by atoms with E-state index in [1.807, 2.05) is 0 Å². The zero-order valence-corrected chi connectivity index (χ0v) is 7.01. The average molecular weight is 157 g/mol. The van der Waals surface area contributed by atoms with Crippen LogP contribution in [-0.2, 0) is 4.74 Å². The number of unbranched alkanes of at least 4 members (excludes halogenated alkanes) is 2. The molecule has 0 radical (unpaired) electrons. The smallest absolute Gasteiger partial charge is 0.409 e. The molecule has 0 aliphatic carbocycles. The number of rotatable bonds is 4. The van der Waals surface area contributed by atoms with E-state index in [0.29, 0.717) is 6.61 Å². The van der Waals surface area contributed by atoms with Crippen LogP contribution in [0, 0.1) is 0 Å². The SMILES string of the molecule is CCCCCN1CCOC1=O. The van der Waals surface area contributed by atoms with Gasteiger partial charge >= 0.3 is 6.09 Å². The van der Waals surface area contributed by atoms with E-state index in [-0.39, 0.29) is 6.09 Å². The van der Waals surface area contributed by atoms with Gasteiger partial charge in [0.2, 0.25) is 0 Å². The van der Waals surface area contributed by atoms with Gasteiger partial charge in [0.05, 0.1) is 6.54 Å². The first-order chi connectivity index (χ1) is 5.34. The monoisotopic (exact) mass is 157 g/mol. The van der Waals surface area contributed by atoms with E-state index in [0.717, 1.165) is 19.5 Å². The molecule has 0 aromatic rings. The van der Waals surface area contributed by atoms with Crippen molar-refractivity contribution in [3.63, 3.8) is 0 Å². The highest BCUT2D eigenvalue weighted by atomic mass is 16.6. The topological polar surface area (TPSA) is 29.5 Å². The predicted molar refractivity (Wildman–Crippen MR) is 42.4 cm³/mol. The zero-order valence-electron chi connectivity index (χ0n) is 7.01. The highest BCUT2D eigenvalue weighted by Gasteiger charge is 2.20. The minimum absolute atomic E-state index is 0.138. The Hall–Kier alpha value is -0.730. The molecular formula is C8H15NO2. The molecule has 3 nitrogen and oxygen atoms in total. The van der Waals surface area contributed by atoms with E-state index in [1.165, 1.54) is 12.8 Å². The Bertz CT molecular complexity index is 136. The molecule has 3 heteroatoms. The molecule has 0 aromatic heterocycles. The summed E-state index contributed by atoms with van der Waals surface area (Å²) in [7, 11) is 0. The molecule has 0 saturated carbocycles. The molecule has 1 aliphatic rings. The Morgan fingerprint density at radius 3 is 2.91 bits per heavy atom. The molecule has 1 aliphatic heterocycles. The first-order valence-electron chi connectivity index (χ1n) is 4.26. The van der Waals surface area contributed by atoms with Crippen molar-refractivity contribution >= 4 is 6.09 Å². The fraction of sp³-hybridized carbons (Fsp3) is 0.875. The van der Waals surface area contributed by atoms with Gasteiger partial charge in [-0.3, -0.25) is 0 Å². The molecule has 1 heterocycles. The first kappa shape index (κ1) is 8.37. The van der Waals surface area contributed by atoms with Crippen molar-refractivity contribution < 1.29 is 9.53 Å². The molecule has 64 valence electrons. The lowest BCUT2D eigenvalue weighted by Crippen LogP contribution is -2.25. The molecular weight excluding hydrogens is 142 g/mol. The van der Waals surface area contributed by atoms with Gasteiger partial charge in [0, 0.05) is 6.54 Å². The summed E-state index contributed by atoms with van der Waals surface area (Å²) < 4.78 is 4.78. The molecule has 11 heavy (non-hydrogen) atoms. The lowest BCUT2D eigenvalue weighted by Gasteiger charge is -2.10. The second-order valence-corrected chi connectivity index (χ2v) is 2.81. The number of amides is 1. The van der Waals surface area contributed by atoms with Gasteiger partial charge in [0.25, 0.3) is 0 Å². The minimum Gasteiger partial charge on any atom is -0.448 e. The second-order valence-electron chi connectivity index (χ2n) is 2.81. The Labute approximate surface area is 67.3 Å². The maximum Gasteiger partial charge on any atom is 0.409 e. The van der Waals surface area contributed by atoms with Crippen molar-refractivity contribution in [1.29, 1.82) is 0 Å². The summed E-state index contributed by atoms with van der Waals surface area (Å²) >= 11 is 0. The third kappa shape index (κ3) is 2.41. The highest BCUT2D eigenvalue weighted by Crippen LogP contribution is 2.05. The van der Waals surface area contributed by atoms with Crippen LogP contribution in [0.1, 0.15) is 26.2 Å². The Balaban J connectivity index is 2.10. The quantitative estimate of drug-likeness (QED) is 0.580. The van der Waals surface area contributed by atoms with E-state index in [1.54, 1.807) is 4.90 Å². The summed E-state index contributed by atoms with van der Waals surface area (Å²) in [4.78, 5) is 12.6. The van der Waals surface area contributed by atoms with Crippen LogP contribution in [0.4, 0.5) is 4.79 Å². The summed E-state index contributed by atoms with van der Waals surface area (Å²) in [5.41, 5.74) is 0. The summed E-state index contributed by atoms with van der Waals surface area (Å²) in [6, 6.07) is 0. The average Bonchev–Trinajstić information content (AvgIpc) is 2.37. The van der Waals surface area contributed by atoms with Crippen LogP contribution < -0.4 is 0 Å². The van der Waals surface area contributed by atoms with Crippen LogP contribution in [0.2, 0.25) is 0 Å². The number of ether oxygens (including phenoxy) is 1. The number of hydrogen-bond acceptors (Lipinski definition) is 2. The number of carbonyl (C=O) groups is 1. The van der Waals surface area contributed by atoms with E-state index >= 15 is 0 Å².